The standard InChI is InChI=1S/C16H29N3/c1-6-10-16(3,12-17-4)13-19(5)11-15-9-7-8-14(2)18-15/h7-9,17H,6,10-13H2,1-5H3. The Morgan fingerprint density at radius 2 is 2.11 bits per heavy atom. The van der Waals surface area contributed by atoms with Crippen molar-refractivity contribution in [3.8, 4) is 0 Å². The highest BCUT2D eigenvalue weighted by atomic mass is 15.1. The number of pyridine rings is 1. The second kappa shape index (κ2) is 7.61. The molecule has 0 saturated heterocycles. The number of nitrogens with zero attached hydrogens (tertiary/aromatic N) is 2. The summed E-state index contributed by atoms with van der Waals surface area (Å²) in [7, 11) is 4.23. The van der Waals surface area contributed by atoms with Gasteiger partial charge in [0.2, 0.25) is 0 Å². The van der Waals surface area contributed by atoms with E-state index in [4.69, 9.17) is 0 Å². The van der Waals surface area contributed by atoms with Gasteiger partial charge in [0.25, 0.3) is 0 Å². The molecule has 19 heavy (non-hydrogen) atoms. The summed E-state index contributed by atoms with van der Waals surface area (Å²) in [5.74, 6) is 0. The highest BCUT2D eigenvalue weighted by Gasteiger charge is 2.24. The average molecular weight is 263 g/mol. The molecule has 1 N–H and O–H groups in total. The third-order valence-electron chi connectivity index (χ3n) is 3.49. The number of hydrogen-bond donors (Lipinski definition) is 1. The Bertz CT molecular complexity index is 370. The molecule has 0 aliphatic rings. The van der Waals surface area contributed by atoms with Crippen molar-refractivity contribution in [3.63, 3.8) is 0 Å². The van der Waals surface area contributed by atoms with Crippen molar-refractivity contribution in [2.24, 2.45) is 5.41 Å². The van der Waals surface area contributed by atoms with Crippen molar-refractivity contribution in [1.29, 1.82) is 0 Å². The molecule has 3 nitrogen and oxygen atoms in total. The van der Waals surface area contributed by atoms with E-state index in [1.54, 1.807) is 0 Å². The van der Waals surface area contributed by atoms with Gasteiger partial charge in [-0.25, -0.2) is 0 Å². The molecule has 1 rings (SSSR count). The summed E-state index contributed by atoms with van der Waals surface area (Å²) in [6, 6.07) is 6.24. The predicted octanol–water partition coefficient (Wildman–Crippen LogP) is 2.85. The van der Waals surface area contributed by atoms with Crippen LogP contribution in [0.15, 0.2) is 18.2 Å². The third-order valence-corrected chi connectivity index (χ3v) is 3.49. The Labute approximate surface area is 118 Å². The summed E-state index contributed by atoms with van der Waals surface area (Å²) in [5, 5.41) is 3.33. The van der Waals surface area contributed by atoms with Crippen LogP contribution < -0.4 is 5.32 Å². The highest BCUT2D eigenvalue weighted by molar-refractivity contribution is 5.09. The van der Waals surface area contributed by atoms with Crippen LogP contribution in [0.2, 0.25) is 0 Å². The minimum Gasteiger partial charge on any atom is -0.319 e. The van der Waals surface area contributed by atoms with Crippen molar-refractivity contribution in [2.75, 3.05) is 27.2 Å². The molecular weight excluding hydrogens is 234 g/mol. The molecule has 0 aromatic carbocycles. The Kier molecular flexibility index (Phi) is 6.46. The number of rotatable bonds is 8. The highest BCUT2D eigenvalue weighted by Crippen LogP contribution is 2.23. The summed E-state index contributed by atoms with van der Waals surface area (Å²) in [4.78, 5) is 6.96. The Balaban J connectivity index is 2.59. The molecule has 3 heteroatoms. The quantitative estimate of drug-likeness (QED) is 0.781. The monoisotopic (exact) mass is 263 g/mol. The molecule has 0 fully saturated rings. The Morgan fingerprint density at radius 3 is 2.68 bits per heavy atom. The molecule has 1 aromatic heterocycles. The zero-order valence-corrected chi connectivity index (χ0v) is 13.2. The van der Waals surface area contributed by atoms with Crippen molar-refractivity contribution in [1.82, 2.24) is 15.2 Å². The molecule has 1 atom stereocenters. The largest absolute Gasteiger partial charge is 0.319 e. The van der Waals surface area contributed by atoms with Gasteiger partial charge in [-0.15, -0.1) is 0 Å². The van der Waals surface area contributed by atoms with E-state index in [9.17, 15) is 0 Å². The predicted molar refractivity (Wildman–Crippen MR) is 82.2 cm³/mol. The van der Waals surface area contributed by atoms with Gasteiger partial charge in [0, 0.05) is 25.3 Å². The molecule has 0 saturated carbocycles. The zero-order valence-electron chi connectivity index (χ0n) is 13.2. The van der Waals surface area contributed by atoms with Crippen molar-refractivity contribution in [2.45, 2.75) is 40.2 Å². The normalized spacial score (nSPS) is 14.6. The van der Waals surface area contributed by atoms with Gasteiger partial charge < -0.3 is 5.32 Å². The van der Waals surface area contributed by atoms with Crippen LogP contribution in [0.1, 0.15) is 38.1 Å². The third kappa shape index (κ3) is 5.70. The lowest BCUT2D eigenvalue weighted by Gasteiger charge is -2.33. The van der Waals surface area contributed by atoms with Crippen molar-refractivity contribution >= 4 is 0 Å². The summed E-state index contributed by atoms with van der Waals surface area (Å²) >= 11 is 0. The summed E-state index contributed by atoms with van der Waals surface area (Å²) in [5.41, 5.74) is 2.59. The maximum atomic E-state index is 4.58. The molecular formula is C16H29N3. The van der Waals surface area contributed by atoms with Crippen LogP contribution >= 0.6 is 0 Å². The second-order valence-corrected chi connectivity index (χ2v) is 6.03. The van der Waals surface area contributed by atoms with E-state index in [2.05, 4.69) is 48.2 Å². The minimum absolute atomic E-state index is 0.335. The maximum Gasteiger partial charge on any atom is 0.0547 e. The number of aromatic nitrogens is 1. The summed E-state index contributed by atoms with van der Waals surface area (Å²) in [6.45, 7) is 9.75. The molecule has 108 valence electrons. The van der Waals surface area contributed by atoms with Crippen LogP contribution in [-0.4, -0.2) is 37.1 Å². The van der Waals surface area contributed by atoms with Crippen molar-refractivity contribution < 1.29 is 0 Å². The van der Waals surface area contributed by atoms with Crippen LogP contribution in [0.5, 0.6) is 0 Å². The van der Waals surface area contributed by atoms with Crippen molar-refractivity contribution in [3.05, 3.63) is 29.6 Å². The fourth-order valence-electron chi connectivity index (χ4n) is 2.93. The molecule has 0 bridgehead atoms. The molecule has 0 radical (unpaired) electrons. The first-order valence-corrected chi connectivity index (χ1v) is 7.25. The van der Waals surface area contributed by atoms with Gasteiger partial charge in [0.15, 0.2) is 0 Å². The molecule has 0 amide bonds. The van der Waals surface area contributed by atoms with Crippen LogP contribution in [0.25, 0.3) is 0 Å². The fourth-order valence-corrected chi connectivity index (χ4v) is 2.93. The summed E-state index contributed by atoms with van der Waals surface area (Å²) < 4.78 is 0. The van der Waals surface area contributed by atoms with E-state index in [-0.39, 0.29) is 0 Å². The van der Waals surface area contributed by atoms with E-state index >= 15 is 0 Å². The van der Waals surface area contributed by atoms with Crippen LogP contribution in [0, 0.1) is 12.3 Å². The first-order valence-electron chi connectivity index (χ1n) is 7.25. The van der Waals surface area contributed by atoms with Gasteiger partial charge in [0.05, 0.1) is 5.69 Å². The SMILES string of the molecule is CCCC(C)(CNC)CN(C)Cc1cccc(C)n1. The van der Waals surface area contributed by atoms with Gasteiger partial charge >= 0.3 is 0 Å². The lowest BCUT2D eigenvalue weighted by Crippen LogP contribution is -2.40. The molecule has 0 aliphatic carbocycles. The van der Waals surface area contributed by atoms with Crippen LogP contribution in [-0.2, 0) is 6.54 Å². The summed E-state index contributed by atoms with van der Waals surface area (Å²) in [6.07, 6.45) is 2.48. The van der Waals surface area contributed by atoms with E-state index in [0.29, 0.717) is 5.41 Å². The van der Waals surface area contributed by atoms with Gasteiger partial charge in [0.1, 0.15) is 0 Å². The average Bonchev–Trinajstić information content (AvgIpc) is 2.28. The van der Waals surface area contributed by atoms with E-state index in [1.165, 1.54) is 12.8 Å². The number of hydrogen-bond acceptors (Lipinski definition) is 3. The molecule has 0 spiro atoms. The molecule has 1 heterocycles. The van der Waals surface area contributed by atoms with Gasteiger partial charge in [-0.2, -0.15) is 0 Å². The second-order valence-electron chi connectivity index (χ2n) is 6.03. The zero-order chi connectivity index (χ0) is 14.3. The topological polar surface area (TPSA) is 28.2 Å². The number of aryl methyl sites for hydroxylation is 1. The lowest BCUT2D eigenvalue weighted by molar-refractivity contribution is 0.170. The molecule has 0 aliphatic heterocycles. The smallest absolute Gasteiger partial charge is 0.0547 e. The van der Waals surface area contributed by atoms with Gasteiger partial charge in [-0.05, 0) is 45.0 Å². The van der Waals surface area contributed by atoms with Crippen LogP contribution in [0.3, 0.4) is 0 Å². The van der Waals surface area contributed by atoms with E-state index < -0.39 is 0 Å². The number of nitrogens with one attached hydrogen (secondary N) is 1. The van der Waals surface area contributed by atoms with E-state index in [0.717, 1.165) is 31.0 Å². The van der Waals surface area contributed by atoms with Gasteiger partial charge in [-0.1, -0.05) is 26.3 Å². The maximum absolute atomic E-state index is 4.58. The lowest BCUT2D eigenvalue weighted by atomic mass is 9.85. The molecule has 1 unspecified atom stereocenters. The fraction of sp³-hybridized carbons (Fsp3) is 0.688. The first-order chi connectivity index (χ1) is 8.99. The Hall–Kier alpha value is -0.930. The van der Waals surface area contributed by atoms with Crippen LogP contribution in [0.4, 0.5) is 0 Å². The Morgan fingerprint density at radius 1 is 1.37 bits per heavy atom. The van der Waals surface area contributed by atoms with Gasteiger partial charge in [-0.3, -0.25) is 9.88 Å². The van der Waals surface area contributed by atoms with E-state index in [1.807, 2.05) is 20.0 Å². The molecule has 1 aromatic rings. The minimum atomic E-state index is 0.335. The first kappa shape index (κ1) is 16.1.